The van der Waals surface area contributed by atoms with Crippen molar-refractivity contribution in [2.24, 2.45) is 5.92 Å². The molecule has 1 aliphatic carbocycles. The predicted molar refractivity (Wildman–Crippen MR) is 62.8 cm³/mol. The van der Waals surface area contributed by atoms with Gasteiger partial charge in [-0.1, -0.05) is 35.7 Å². The van der Waals surface area contributed by atoms with E-state index in [9.17, 15) is 13.2 Å². The fourth-order valence-corrected chi connectivity index (χ4v) is 2.76. The average Bonchev–Trinajstić information content (AvgIpc) is 2.16. The van der Waals surface area contributed by atoms with E-state index in [1.54, 1.807) is 7.05 Å². The van der Waals surface area contributed by atoms with Crippen molar-refractivity contribution in [1.29, 1.82) is 0 Å². The van der Waals surface area contributed by atoms with Crippen molar-refractivity contribution >= 4 is 15.9 Å². The Kier molecular flexibility index (Phi) is 5.10. The summed E-state index contributed by atoms with van der Waals surface area (Å²) in [6, 6.07) is 0.311. The van der Waals surface area contributed by atoms with Gasteiger partial charge >= 0.3 is 6.18 Å². The molecule has 1 rings (SSSR count). The Morgan fingerprint density at radius 1 is 1.38 bits per heavy atom. The van der Waals surface area contributed by atoms with E-state index in [1.807, 2.05) is 4.90 Å². The molecule has 0 bridgehead atoms. The molecule has 0 saturated heterocycles. The predicted octanol–water partition coefficient (Wildman–Crippen LogP) is 3.82. The summed E-state index contributed by atoms with van der Waals surface area (Å²) < 4.78 is 37.1. The maximum absolute atomic E-state index is 12.4. The number of alkyl halides is 4. The zero-order chi connectivity index (χ0) is 12.3. The van der Waals surface area contributed by atoms with Crippen LogP contribution >= 0.6 is 15.9 Å². The van der Waals surface area contributed by atoms with E-state index in [4.69, 9.17) is 0 Å². The van der Waals surface area contributed by atoms with E-state index in [0.717, 1.165) is 19.3 Å². The quantitative estimate of drug-likeness (QED) is 0.716. The van der Waals surface area contributed by atoms with Crippen LogP contribution in [0.15, 0.2) is 0 Å². The Balaban J connectivity index is 2.42. The van der Waals surface area contributed by atoms with Gasteiger partial charge in [0.15, 0.2) is 0 Å². The fraction of sp³-hybridized carbons (Fsp3) is 1.00. The summed E-state index contributed by atoms with van der Waals surface area (Å²) in [4.78, 5) is 0.435. The van der Waals surface area contributed by atoms with Gasteiger partial charge in [-0.25, -0.2) is 0 Å². The summed E-state index contributed by atoms with van der Waals surface area (Å²) in [7, 11) is 1.79. The van der Waals surface area contributed by atoms with Gasteiger partial charge in [-0.15, -0.1) is 0 Å². The zero-order valence-corrected chi connectivity index (χ0v) is 11.3. The van der Waals surface area contributed by atoms with Crippen molar-refractivity contribution in [3.8, 4) is 0 Å². The molecule has 96 valence electrons. The number of hydrogen-bond acceptors (Lipinski definition) is 1. The molecule has 0 aliphatic heterocycles. The third-order valence-electron chi connectivity index (χ3n) is 3.34. The van der Waals surface area contributed by atoms with Crippen LogP contribution in [-0.4, -0.2) is 35.5 Å². The topological polar surface area (TPSA) is 3.24 Å². The molecule has 1 saturated carbocycles. The summed E-state index contributed by atoms with van der Waals surface area (Å²) in [6.45, 7) is 2.22. The number of rotatable bonds is 3. The van der Waals surface area contributed by atoms with Crippen LogP contribution < -0.4 is 0 Å². The van der Waals surface area contributed by atoms with Gasteiger partial charge in [-0.2, -0.15) is 13.2 Å². The van der Waals surface area contributed by atoms with Gasteiger partial charge in [0.05, 0.1) is 0 Å². The first kappa shape index (κ1) is 14.3. The van der Waals surface area contributed by atoms with Crippen molar-refractivity contribution < 1.29 is 13.2 Å². The van der Waals surface area contributed by atoms with E-state index >= 15 is 0 Å². The molecular weight excluding hydrogens is 283 g/mol. The van der Waals surface area contributed by atoms with Crippen LogP contribution in [-0.2, 0) is 0 Å². The normalized spacial score (nSPS) is 29.4. The summed E-state index contributed by atoms with van der Waals surface area (Å²) in [5.74, 6) is 0.640. The lowest BCUT2D eigenvalue weighted by Crippen LogP contribution is -2.42. The van der Waals surface area contributed by atoms with E-state index in [2.05, 4.69) is 22.9 Å². The van der Waals surface area contributed by atoms with Gasteiger partial charge < -0.3 is 4.90 Å². The minimum Gasteiger partial charge on any atom is -0.302 e. The molecule has 0 spiro atoms. The van der Waals surface area contributed by atoms with Gasteiger partial charge in [-0.3, -0.25) is 0 Å². The highest BCUT2D eigenvalue weighted by atomic mass is 79.9. The van der Waals surface area contributed by atoms with E-state index in [-0.39, 0.29) is 6.54 Å². The second-order valence-electron chi connectivity index (χ2n) is 4.87. The van der Waals surface area contributed by atoms with Crippen LogP contribution in [0.2, 0.25) is 0 Å². The number of nitrogens with zero attached hydrogens (tertiary/aromatic N) is 1. The molecule has 5 heteroatoms. The van der Waals surface area contributed by atoms with Crippen molar-refractivity contribution in [3.63, 3.8) is 0 Å². The first-order valence-electron chi connectivity index (χ1n) is 5.71. The SMILES string of the molecule is CC1CCCC(N(C)CC(Br)C(F)(F)F)C1. The molecular formula is C11H19BrF3N. The minimum absolute atomic E-state index is 0.0425. The standard InChI is InChI=1S/C11H19BrF3N/c1-8-4-3-5-9(6-8)16(2)7-10(12)11(13,14)15/h8-10H,3-7H2,1-2H3. The van der Waals surface area contributed by atoms with Crippen LogP contribution in [0.25, 0.3) is 0 Å². The Bertz CT molecular complexity index is 220. The van der Waals surface area contributed by atoms with E-state index in [0.29, 0.717) is 12.0 Å². The summed E-state index contributed by atoms with van der Waals surface area (Å²) in [6.07, 6.45) is 0.248. The molecule has 1 nitrogen and oxygen atoms in total. The Labute approximate surface area is 104 Å². The zero-order valence-electron chi connectivity index (χ0n) is 9.73. The lowest BCUT2D eigenvalue weighted by atomic mass is 9.86. The highest BCUT2D eigenvalue weighted by Crippen LogP contribution is 2.30. The first-order chi connectivity index (χ1) is 7.30. The third-order valence-corrected chi connectivity index (χ3v) is 4.14. The van der Waals surface area contributed by atoms with Gasteiger partial charge in [-0.05, 0) is 25.8 Å². The molecule has 0 aromatic rings. The number of halogens is 4. The molecule has 16 heavy (non-hydrogen) atoms. The second kappa shape index (κ2) is 5.71. The van der Waals surface area contributed by atoms with Crippen molar-refractivity contribution in [2.75, 3.05) is 13.6 Å². The number of hydrogen-bond donors (Lipinski definition) is 0. The van der Waals surface area contributed by atoms with E-state index in [1.165, 1.54) is 6.42 Å². The van der Waals surface area contributed by atoms with Crippen LogP contribution in [0.4, 0.5) is 13.2 Å². The lowest BCUT2D eigenvalue weighted by Gasteiger charge is -2.35. The highest BCUT2D eigenvalue weighted by Gasteiger charge is 2.39. The van der Waals surface area contributed by atoms with Crippen LogP contribution in [0, 0.1) is 5.92 Å². The van der Waals surface area contributed by atoms with Crippen LogP contribution in [0.5, 0.6) is 0 Å². The first-order valence-corrected chi connectivity index (χ1v) is 6.63. The van der Waals surface area contributed by atoms with Gasteiger partial charge in [0.1, 0.15) is 4.83 Å². The lowest BCUT2D eigenvalue weighted by molar-refractivity contribution is -0.131. The average molecular weight is 302 g/mol. The fourth-order valence-electron chi connectivity index (χ4n) is 2.31. The van der Waals surface area contributed by atoms with Crippen molar-refractivity contribution in [3.05, 3.63) is 0 Å². The van der Waals surface area contributed by atoms with Crippen molar-refractivity contribution in [2.45, 2.75) is 49.7 Å². The van der Waals surface area contributed by atoms with Crippen LogP contribution in [0.1, 0.15) is 32.6 Å². The molecule has 0 aromatic carbocycles. The molecule has 1 aliphatic rings. The molecule has 0 radical (unpaired) electrons. The molecule has 3 unspecified atom stereocenters. The van der Waals surface area contributed by atoms with E-state index < -0.39 is 11.0 Å². The Morgan fingerprint density at radius 3 is 2.50 bits per heavy atom. The molecule has 0 N–H and O–H groups in total. The Hall–Kier alpha value is 0.230. The van der Waals surface area contributed by atoms with Crippen molar-refractivity contribution in [1.82, 2.24) is 4.90 Å². The molecule has 1 fully saturated rings. The third kappa shape index (κ3) is 4.24. The maximum atomic E-state index is 12.4. The largest absolute Gasteiger partial charge is 0.402 e. The maximum Gasteiger partial charge on any atom is 0.402 e. The van der Waals surface area contributed by atoms with Crippen LogP contribution in [0.3, 0.4) is 0 Å². The second-order valence-corrected chi connectivity index (χ2v) is 5.98. The monoisotopic (exact) mass is 301 g/mol. The smallest absolute Gasteiger partial charge is 0.302 e. The summed E-state index contributed by atoms with van der Waals surface area (Å²) in [5.41, 5.74) is 0. The highest BCUT2D eigenvalue weighted by molar-refractivity contribution is 9.09. The molecule has 0 aromatic heterocycles. The van der Waals surface area contributed by atoms with Gasteiger partial charge in [0.25, 0.3) is 0 Å². The van der Waals surface area contributed by atoms with Gasteiger partial charge in [0.2, 0.25) is 0 Å². The molecule has 3 atom stereocenters. The van der Waals surface area contributed by atoms with Gasteiger partial charge in [0, 0.05) is 12.6 Å². The Morgan fingerprint density at radius 2 is 2.00 bits per heavy atom. The molecule has 0 heterocycles. The minimum atomic E-state index is -4.14. The summed E-state index contributed by atoms with van der Waals surface area (Å²) in [5, 5.41) is 0. The molecule has 0 amide bonds. The summed E-state index contributed by atoms with van der Waals surface area (Å²) >= 11 is 2.71.